The molecule has 0 aliphatic carbocycles. The van der Waals surface area contributed by atoms with Gasteiger partial charge in [-0.25, -0.2) is 4.68 Å². The number of hydrogen-bond acceptors (Lipinski definition) is 5. The lowest BCUT2D eigenvalue weighted by atomic mass is 9.92. The van der Waals surface area contributed by atoms with E-state index in [1.54, 1.807) is 7.11 Å². The minimum atomic E-state index is 0.298. The lowest BCUT2D eigenvalue weighted by Gasteiger charge is -2.17. The van der Waals surface area contributed by atoms with Crippen LogP contribution in [0.3, 0.4) is 0 Å². The van der Waals surface area contributed by atoms with Gasteiger partial charge >= 0.3 is 0 Å². The van der Waals surface area contributed by atoms with Gasteiger partial charge in [-0.2, -0.15) is 0 Å². The number of nitrogens with one attached hydrogen (secondary N) is 1. The molecule has 0 aliphatic rings. The molecule has 1 aromatic rings. The Morgan fingerprint density at radius 2 is 2.12 bits per heavy atom. The first kappa shape index (κ1) is 14.1. The van der Waals surface area contributed by atoms with Gasteiger partial charge < -0.3 is 10.1 Å². The maximum absolute atomic E-state index is 4.96. The van der Waals surface area contributed by atoms with E-state index >= 15 is 0 Å². The molecule has 0 spiro atoms. The molecule has 6 nitrogen and oxygen atoms in total. The molecule has 1 N–H and O–H groups in total. The zero-order valence-corrected chi connectivity index (χ0v) is 11.2. The van der Waals surface area contributed by atoms with Gasteiger partial charge in [-0.05, 0) is 22.3 Å². The van der Waals surface area contributed by atoms with Crippen molar-refractivity contribution in [3.05, 3.63) is 5.82 Å². The highest BCUT2D eigenvalue weighted by atomic mass is 16.5. The summed E-state index contributed by atoms with van der Waals surface area (Å²) in [5, 5.41) is 15.0. The molecule has 1 rings (SSSR count). The molecule has 0 saturated heterocycles. The summed E-state index contributed by atoms with van der Waals surface area (Å²) in [4.78, 5) is 0. The second kappa shape index (κ2) is 6.66. The number of methoxy groups -OCH3 is 1. The summed E-state index contributed by atoms with van der Waals surface area (Å²) in [5.41, 5.74) is 0.298. The van der Waals surface area contributed by atoms with E-state index in [4.69, 9.17) is 4.74 Å². The minimum Gasteiger partial charge on any atom is -0.383 e. The molecule has 1 aromatic heterocycles. The van der Waals surface area contributed by atoms with Crippen molar-refractivity contribution in [2.75, 3.05) is 20.3 Å². The first-order valence-corrected chi connectivity index (χ1v) is 5.97. The molecule has 0 atom stereocenters. The van der Waals surface area contributed by atoms with Crippen LogP contribution in [-0.2, 0) is 17.8 Å². The van der Waals surface area contributed by atoms with E-state index in [1.165, 1.54) is 0 Å². The van der Waals surface area contributed by atoms with Crippen LogP contribution in [0.2, 0.25) is 0 Å². The van der Waals surface area contributed by atoms with E-state index in [1.807, 2.05) is 4.68 Å². The summed E-state index contributed by atoms with van der Waals surface area (Å²) in [7, 11) is 1.69. The molecule has 6 heteroatoms. The largest absolute Gasteiger partial charge is 0.383 e. The smallest absolute Gasteiger partial charge is 0.165 e. The van der Waals surface area contributed by atoms with Crippen LogP contribution in [0.4, 0.5) is 0 Å². The average Bonchev–Trinajstić information content (AvgIpc) is 2.68. The van der Waals surface area contributed by atoms with Crippen molar-refractivity contribution in [1.29, 1.82) is 0 Å². The highest BCUT2D eigenvalue weighted by Gasteiger charge is 2.12. The summed E-state index contributed by atoms with van der Waals surface area (Å²) >= 11 is 0. The molecular formula is C11H23N5O. The summed E-state index contributed by atoms with van der Waals surface area (Å²) < 4.78 is 6.83. The first-order valence-electron chi connectivity index (χ1n) is 5.97. The molecule has 0 bridgehead atoms. The highest BCUT2D eigenvalue weighted by molar-refractivity contribution is 4.80. The van der Waals surface area contributed by atoms with Gasteiger partial charge in [-0.3, -0.25) is 0 Å². The number of rotatable bonds is 7. The zero-order chi connectivity index (χ0) is 12.7. The number of nitrogens with zero attached hydrogens (tertiary/aromatic N) is 4. The molecule has 0 saturated carbocycles. The second-order valence-electron chi connectivity index (χ2n) is 5.30. The predicted molar refractivity (Wildman–Crippen MR) is 65.5 cm³/mol. The SMILES string of the molecule is COCCNCc1nnnn1CCC(C)(C)C. The third kappa shape index (κ3) is 5.74. The number of aryl methyl sites for hydroxylation is 1. The monoisotopic (exact) mass is 241 g/mol. The highest BCUT2D eigenvalue weighted by Crippen LogP contribution is 2.19. The van der Waals surface area contributed by atoms with Crippen LogP contribution in [0.1, 0.15) is 33.0 Å². The van der Waals surface area contributed by atoms with Crippen LogP contribution in [0.15, 0.2) is 0 Å². The Kier molecular flexibility index (Phi) is 5.50. The van der Waals surface area contributed by atoms with Crippen LogP contribution in [-0.4, -0.2) is 40.5 Å². The molecule has 0 aromatic carbocycles. The van der Waals surface area contributed by atoms with E-state index in [-0.39, 0.29) is 0 Å². The van der Waals surface area contributed by atoms with Crippen molar-refractivity contribution in [2.45, 2.75) is 40.3 Å². The molecule has 0 amide bonds. The van der Waals surface area contributed by atoms with Gasteiger partial charge in [0.25, 0.3) is 0 Å². The Bertz CT molecular complexity index is 318. The molecule has 1 heterocycles. The molecular weight excluding hydrogens is 218 g/mol. The zero-order valence-electron chi connectivity index (χ0n) is 11.2. The van der Waals surface area contributed by atoms with Gasteiger partial charge in [0.1, 0.15) is 0 Å². The van der Waals surface area contributed by atoms with E-state index in [9.17, 15) is 0 Å². The summed E-state index contributed by atoms with van der Waals surface area (Å²) in [6.45, 7) is 9.69. The summed E-state index contributed by atoms with van der Waals surface area (Å²) in [6, 6.07) is 0. The summed E-state index contributed by atoms with van der Waals surface area (Å²) in [5.74, 6) is 0.880. The van der Waals surface area contributed by atoms with E-state index < -0.39 is 0 Å². The number of aromatic nitrogens is 4. The third-order valence-electron chi connectivity index (χ3n) is 2.45. The standard InChI is InChI=1S/C11H23N5O/c1-11(2,3)5-7-16-10(13-14-15-16)9-12-6-8-17-4/h12H,5-9H2,1-4H3. The fraction of sp³-hybridized carbons (Fsp3) is 0.909. The fourth-order valence-corrected chi connectivity index (χ4v) is 1.34. The van der Waals surface area contributed by atoms with Crippen molar-refractivity contribution in [3.63, 3.8) is 0 Å². The molecule has 17 heavy (non-hydrogen) atoms. The van der Waals surface area contributed by atoms with E-state index in [2.05, 4.69) is 41.6 Å². The van der Waals surface area contributed by atoms with Crippen molar-refractivity contribution < 1.29 is 4.74 Å². The number of hydrogen-bond donors (Lipinski definition) is 1. The van der Waals surface area contributed by atoms with E-state index in [0.717, 1.165) is 25.3 Å². The minimum absolute atomic E-state index is 0.298. The Morgan fingerprint density at radius 1 is 1.35 bits per heavy atom. The maximum Gasteiger partial charge on any atom is 0.165 e. The van der Waals surface area contributed by atoms with Gasteiger partial charge in [0.15, 0.2) is 5.82 Å². The Labute approximate surface area is 103 Å². The lowest BCUT2D eigenvalue weighted by molar-refractivity contribution is 0.198. The lowest BCUT2D eigenvalue weighted by Crippen LogP contribution is -2.22. The third-order valence-corrected chi connectivity index (χ3v) is 2.45. The Balaban J connectivity index is 2.37. The van der Waals surface area contributed by atoms with Gasteiger partial charge in [0.2, 0.25) is 0 Å². The van der Waals surface area contributed by atoms with Crippen LogP contribution in [0.5, 0.6) is 0 Å². The second-order valence-corrected chi connectivity index (χ2v) is 5.30. The number of ether oxygens (including phenoxy) is 1. The van der Waals surface area contributed by atoms with Gasteiger partial charge in [0, 0.05) is 20.2 Å². The fourth-order valence-electron chi connectivity index (χ4n) is 1.34. The topological polar surface area (TPSA) is 64.9 Å². The first-order chi connectivity index (χ1) is 8.03. The maximum atomic E-state index is 4.96. The van der Waals surface area contributed by atoms with Crippen molar-refractivity contribution in [3.8, 4) is 0 Å². The molecule has 0 unspecified atom stereocenters. The van der Waals surface area contributed by atoms with Crippen molar-refractivity contribution in [2.24, 2.45) is 5.41 Å². The van der Waals surface area contributed by atoms with Crippen LogP contribution < -0.4 is 5.32 Å². The van der Waals surface area contributed by atoms with Gasteiger partial charge in [-0.1, -0.05) is 20.8 Å². The van der Waals surface area contributed by atoms with Crippen molar-refractivity contribution in [1.82, 2.24) is 25.5 Å². The molecule has 98 valence electrons. The normalized spacial score (nSPS) is 12.0. The Hall–Kier alpha value is -1.01. The van der Waals surface area contributed by atoms with Crippen LogP contribution in [0.25, 0.3) is 0 Å². The van der Waals surface area contributed by atoms with Crippen LogP contribution >= 0.6 is 0 Å². The van der Waals surface area contributed by atoms with Crippen molar-refractivity contribution >= 4 is 0 Å². The summed E-state index contributed by atoms with van der Waals surface area (Å²) in [6.07, 6.45) is 1.06. The molecule has 0 aliphatic heterocycles. The van der Waals surface area contributed by atoms with Gasteiger partial charge in [0.05, 0.1) is 13.2 Å². The van der Waals surface area contributed by atoms with Gasteiger partial charge in [-0.15, -0.1) is 5.10 Å². The molecule has 0 radical (unpaired) electrons. The Morgan fingerprint density at radius 3 is 2.76 bits per heavy atom. The molecule has 0 fully saturated rings. The number of tetrazole rings is 1. The van der Waals surface area contributed by atoms with E-state index in [0.29, 0.717) is 18.6 Å². The average molecular weight is 241 g/mol. The predicted octanol–water partition coefficient (Wildman–Crippen LogP) is 0.845. The quantitative estimate of drug-likeness (QED) is 0.717. The van der Waals surface area contributed by atoms with Crippen LogP contribution in [0, 0.1) is 5.41 Å².